The number of hydrogen-bond donors (Lipinski definition) is 0. The molecular weight excluding hydrogens is 162 g/mol. The van der Waals surface area contributed by atoms with E-state index < -0.39 is 0 Å². The third kappa shape index (κ3) is 2.13. The summed E-state index contributed by atoms with van der Waals surface area (Å²) < 4.78 is 8.09. The molecule has 2 rings (SSSR count). The van der Waals surface area contributed by atoms with Crippen molar-refractivity contribution in [2.75, 3.05) is 0 Å². The first-order valence-corrected chi connectivity index (χ1v) is 4.94. The summed E-state index contributed by atoms with van der Waals surface area (Å²) in [4.78, 5) is 0. The van der Waals surface area contributed by atoms with E-state index in [1.807, 2.05) is 0 Å². The number of hydrogen-bond acceptors (Lipinski definition) is 1. The van der Waals surface area contributed by atoms with E-state index in [-0.39, 0.29) is 5.60 Å². The lowest BCUT2D eigenvalue weighted by Crippen LogP contribution is -2.22. The van der Waals surface area contributed by atoms with Crippen LogP contribution in [-0.2, 0) is 11.3 Å². The molecule has 1 unspecified atom stereocenters. The van der Waals surface area contributed by atoms with Crippen LogP contribution in [0.5, 0.6) is 0 Å². The minimum atomic E-state index is 0.0951. The third-order valence-electron chi connectivity index (χ3n) is 2.63. The van der Waals surface area contributed by atoms with Crippen LogP contribution in [0.1, 0.15) is 26.7 Å². The van der Waals surface area contributed by atoms with Crippen LogP contribution in [0.3, 0.4) is 0 Å². The number of ether oxygens (including phenoxy) is 1. The summed E-state index contributed by atoms with van der Waals surface area (Å²) in [5.74, 6) is 0. The van der Waals surface area contributed by atoms with E-state index in [4.69, 9.17) is 4.74 Å². The number of nitrogens with zero attached hydrogens (tertiary/aromatic N) is 1. The van der Waals surface area contributed by atoms with E-state index in [2.05, 4.69) is 42.9 Å². The summed E-state index contributed by atoms with van der Waals surface area (Å²) in [7, 11) is 0. The first-order valence-electron chi connectivity index (χ1n) is 4.94. The normalized spacial score (nSPS) is 26.5. The SMILES string of the molecule is CC1(C)CCC(Cn2cccc2)O1. The molecule has 72 valence electrons. The Morgan fingerprint density at radius 2 is 2.08 bits per heavy atom. The summed E-state index contributed by atoms with van der Waals surface area (Å²) >= 11 is 0. The maximum absolute atomic E-state index is 5.90. The average Bonchev–Trinajstić information content (AvgIpc) is 2.61. The fourth-order valence-electron chi connectivity index (χ4n) is 1.93. The summed E-state index contributed by atoms with van der Waals surface area (Å²) in [5.41, 5.74) is 0.0951. The zero-order valence-electron chi connectivity index (χ0n) is 8.36. The second-order valence-electron chi connectivity index (χ2n) is 4.42. The molecule has 1 atom stereocenters. The zero-order chi connectivity index (χ0) is 9.31. The van der Waals surface area contributed by atoms with Crippen molar-refractivity contribution < 1.29 is 4.74 Å². The smallest absolute Gasteiger partial charge is 0.0762 e. The van der Waals surface area contributed by atoms with Crippen molar-refractivity contribution in [1.82, 2.24) is 4.57 Å². The third-order valence-corrected chi connectivity index (χ3v) is 2.63. The van der Waals surface area contributed by atoms with Crippen LogP contribution in [0.4, 0.5) is 0 Å². The first kappa shape index (κ1) is 8.82. The highest BCUT2D eigenvalue weighted by Gasteiger charge is 2.31. The molecule has 1 aromatic heterocycles. The fraction of sp³-hybridized carbons (Fsp3) is 0.636. The lowest BCUT2D eigenvalue weighted by atomic mass is 10.1. The van der Waals surface area contributed by atoms with Crippen molar-refractivity contribution in [3.8, 4) is 0 Å². The van der Waals surface area contributed by atoms with Crippen LogP contribution in [0.2, 0.25) is 0 Å². The van der Waals surface area contributed by atoms with Gasteiger partial charge in [0, 0.05) is 18.9 Å². The number of rotatable bonds is 2. The van der Waals surface area contributed by atoms with Gasteiger partial charge < -0.3 is 9.30 Å². The van der Waals surface area contributed by atoms with Crippen LogP contribution in [0.25, 0.3) is 0 Å². The molecule has 0 aliphatic carbocycles. The van der Waals surface area contributed by atoms with E-state index in [0.29, 0.717) is 6.10 Å². The van der Waals surface area contributed by atoms with Gasteiger partial charge in [-0.2, -0.15) is 0 Å². The lowest BCUT2D eigenvalue weighted by Gasteiger charge is -2.19. The van der Waals surface area contributed by atoms with Crippen molar-refractivity contribution in [3.05, 3.63) is 24.5 Å². The molecule has 0 amide bonds. The van der Waals surface area contributed by atoms with Gasteiger partial charge >= 0.3 is 0 Å². The molecule has 13 heavy (non-hydrogen) atoms. The van der Waals surface area contributed by atoms with Gasteiger partial charge in [-0.25, -0.2) is 0 Å². The quantitative estimate of drug-likeness (QED) is 0.680. The molecule has 0 saturated carbocycles. The second-order valence-corrected chi connectivity index (χ2v) is 4.42. The molecular formula is C11H17NO. The topological polar surface area (TPSA) is 14.2 Å². The predicted octanol–water partition coefficient (Wildman–Crippen LogP) is 2.45. The minimum Gasteiger partial charge on any atom is -0.370 e. The molecule has 2 nitrogen and oxygen atoms in total. The predicted molar refractivity (Wildman–Crippen MR) is 52.6 cm³/mol. The van der Waals surface area contributed by atoms with Crippen molar-refractivity contribution in [2.24, 2.45) is 0 Å². The Bertz CT molecular complexity index is 264. The van der Waals surface area contributed by atoms with Gasteiger partial charge in [-0.15, -0.1) is 0 Å². The van der Waals surface area contributed by atoms with Gasteiger partial charge in [0.1, 0.15) is 0 Å². The Balaban J connectivity index is 1.91. The van der Waals surface area contributed by atoms with Crippen molar-refractivity contribution >= 4 is 0 Å². The van der Waals surface area contributed by atoms with Crippen molar-refractivity contribution in [1.29, 1.82) is 0 Å². The van der Waals surface area contributed by atoms with Crippen LogP contribution < -0.4 is 0 Å². The van der Waals surface area contributed by atoms with Gasteiger partial charge in [-0.1, -0.05) is 0 Å². The van der Waals surface area contributed by atoms with Crippen LogP contribution in [-0.4, -0.2) is 16.3 Å². The molecule has 0 N–H and O–H groups in total. The Morgan fingerprint density at radius 3 is 2.62 bits per heavy atom. The maximum atomic E-state index is 5.90. The van der Waals surface area contributed by atoms with Gasteiger partial charge in [0.05, 0.1) is 11.7 Å². The van der Waals surface area contributed by atoms with E-state index in [9.17, 15) is 0 Å². The van der Waals surface area contributed by atoms with Crippen LogP contribution >= 0.6 is 0 Å². The van der Waals surface area contributed by atoms with Crippen LogP contribution in [0, 0.1) is 0 Å². The molecule has 1 saturated heterocycles. The highest BCUT2D eigenvalue weighted by atomic mass is 16.5. The highest BCUT2D eigenvalue weighted by molar-refractivity contribution is 4.92. The Labute approximate surface area is 79.5 Å². The minimum absolute atomic E-state index is 0.0951. The van der Waals surface area contributed by atoms with Crippen LogP contribution in [0.15, 0.2) is 24.5 Å². The van der Waals surface area contributed by atoms with Crippen molar-refractivity contribution in [2.45, 2.75) is 44.9 Å². The van der Waals surface area contributed by atoms with Gasteiger partial charge in [-0.3, -0.25) is 0 Å². The molecule has 0 spiro atoms. The first-order chi connectivity index (χ1) is 6.16. The van der Waals surface area contributed by atoms with Gasteiger partial charge in [0.15, 0.2) is 0 Å². The molecule has 1 aliphatic heterocycles. The molecule has 1 fully saturated rings. The molecule has 0 aromatic carbocycles. The van der Waals surface area contributed by atoms with Crippen molar-refractivity contribution in [3.63, 3.8) is 0 Å². The molecule has 0 bridgehead atoms. The molecule has 2 heterocycles. The fourth-order valence-corrected chi connectivity index (χ4v) is 1.93. The molecule has 0 radical (unpaired) electrons. The van der Waals surface area contributed by atoms with Gasteiger partial charge in [0.2, 0.25) is 0 Å². The standard InChI is InChI=1S/C11H17NO/c1-11(2)6-5-10(13-11)9-12-7-3-4-8-12/h3-4,7-8,10H,5-6,9H2,1-2H3. The second kappa shape index (κ2) is 3.18. The Kier molecular flexibility index (Phi) is 2.16. The largest absolute Gasteiger partial charge is 0.370 e. The van der Waals surface area contributed by atoms with E-state index in [1.165, 1.54) is 12.8 Å². The maximum Gasteiger partial charge on any atom is 0.0762 e. The average molecular weight is 179 g/mol. The summed E-state index contributed by atoms with van der Waals surface area (Å²) in [5, 5.41) is 0. The summed E-state index contributed by atoms with van der Waals surface area (Å²) in [6, 6.07) is 4.11. The summed E-state index contributed by atoms with van der Waals surface area (Å²) in [6.07, 6.45) is 6.95. The monoisotopic (exact) mass is 179 g/mol. The van der Waals surface area contributed by atoms with Gasteiger partial charge in [-0.05, 0) is 38.8 Å². The molecule has 2 heteroatoms. The Morgan fingerprint density at radius 1 is 1.38 bits per heavy atom. The van der Waals surface area contributed by atoms with E-state index >= 15 is 0 Å². The van der Waals surface area contributed by atoms with E-state index in [1.54, 1.807) is 0 Å². The summed E-state index contributed by atoms with van der Waals surface area (Å²) in [6.45, 7) is 5.34. The van der Waals surface area contributed by atoms with E-state index in [0.717, 1.165) is 6.54 Å². The molecule has 1 aromatic rings. The zero-order valence-corrected chi connectivity index (χ0v) is 8.36. The lowest BCUT2D eigenvalue weighted by molar-refractivity contribution is -0.0216. The highest BCUT2D eigenvalue weighted by Crippen LogP contribution is 2.29. The Hall–Kier alpha value is -0.760. The number of aromatic nitrogens is 1. The van der Waals surface area contributed by atoms with Gasteiger partial charge in [0.25, 0.3) is 0 Å². The molecule has 1 aliphatic rings.